The number of alkyl halides is 2. The molecule has 3 heterocycles. The van der Waals surface area contributed by atoms with Gasteiger partial charge in [0.2, 0.25) is 0 Å². The van der Waals surface area contributed by atoms with E-state index in [9.17, 15) is 36.6 Å². The molecule has 1 aromatic carbocycles. The Morgan fingerprint density at radius 3 is 2.52 bits per heavy atom. The van der Waals surface area contributed by atoms with Crippen molar-refractivity contribution in [1.82, 2.24) is 4.98 Å². The van der Waals surface area contributed by atoms with E-state index in [-0.39, 0.29) is 20.2 Å². The highest BCUT2D eigenvalue weighted by atomic mass is 32.2. The number of pyridine rings is 1. The number of aliphatic hydroxyl groups is 2. The lowest BCUT2D eigenvalue weighted by Gasteiger charge is -2.39. The molecule has 0 spiro atoms. The van der Waals surface area contributed by atoms with Gasteiger partial charge in [-0.3, -0.25) is 4.79 Å². The summed E-state index contributed by atoms with van der Waals surface area (Å²) >= 11 is 0.763. The first-order valence-corrected chi connectivity index (χ1v) is 11.6. The van der Waals surface area contributed by atoms with E-state index in [2.05, 4.69) is 4.98 Å². The minimum absolute atomic E-state index is 0.134. The minimum Gasteiger partial charge on any atom is -0.385 e. The molecule has 1 aliphatic heterocycles. The third kappa shape index (κ3) is 3.95. The monoisotopic (exact) mass is 474 g/mol. The molecule has 0 amide bonds. The minimum atomic E-state index is -4.02. The van der Waals surface area contributed by atoms with Gasteiger partial charge < -0.3 is 20.1 Å². The van der Waals surface area contributed by atoms with Crippen LogP contribution >= 0.6 is 11.3 Å². The number of hydrogen-bond acceptors (Lipinski definition) is 7. The van der Waals surface area contributed by atoms with Crippen LogP contribution in [-0.4, -0.2) is 54.8 Å². The summed E-state index contributed by atoms with van der Waals surface area (Å²) in [7, 11) is -4.02. The van der Waals surface area contributed by atoms with Gasteiger partial charge in [0, 0.05) is 17.1 Å². The number of thiophene rings is 1. The highest BCUT2D eigenvalue weighted by Gasteiger charge is 2.50. The number of anilines is 1. The van der Waals surface area contributed by atoms with Gasteiger partial charge >= 0.3 is 5.92 Å². The normalized spacial score (nSPS) is 21.5. The Hall–Kier alpha value is -2.41. The second-order valence-corrected chi connectivity index (χ2v) is 10.6. The van der Waals surface area contributed by atoms with Crippen LogP contribution in [0.15, 0.2) is 45.5 Å². The lowest BCUT2D eigenvalue weighted by Crippen LogP contribution is -2.59. The zero-order valence-corrected chi connectivity index (χ0v) is 17.4. The van der Waals surface area contributed by atoms with E-state index < -0.39 is 58.2 Å². The lowest BCUT2D eigenvalue weighted by atomic mass is 10.0. The number of aliphatic hydroxyl groups excluding tert-OH is 2. The quantitative estimate of drug-likeness (QED) is 0.533. The van der Waals surface area contributed by atoms with Crippen molar-refractivity contribution in [1.29, 1.82) is 0 Å². The molecule has 12 heteroatoms. The first-order valence-electron chi connectivity index (χ1n) is 9.10. The summed E-state index contributed by atoms with van der Waals surface area (Å²) in [5, 5.41) is 20.0. The maximum Gasteiger partial charge on any atom is 0.302 e. The Morgan fingerprint density at radius 1 is 1.16 bits per heavy atom. The third-order valence-corrected chi connectivity index (χ3v) is 8.54. The van der Waals surface area contributed by atoms with Crippen molar-refractivity contribution in [3.05, 3.63) is 58.3 Å². The number of rotatable bonds is 4. The molecule has 0 aliphatic carbocycles. The average molecular weight is 474 g/mol. The Labute approximate surface area is 178 Å². The number of piperidine rings is 1. The van der Waals surface area contributed by atoms with Crippen LogP contribution in [0.5, 0.6) is 0 Å². The first kappa shape index (κ1) is 21.8. The predicted octanol–water partition coefficient (Wildman–Crippen LogP) is 1.88. The number of fused-ring (bicyclic) bond motifs is 1. The number of aromatic nitrogens is 1. The number of hydrogen-bond donors (Lipinski definition) is 3. The van der Waals surface area contributed by atoms with Gasteiger partial charge in [0.15, 0.2) is 9.84 Å². The van der Waals surface area contributed by atoms with Gasteiger partial charge in [0.05, 0.1) is 23.8 Å². The largest absolute Gasteiger partial charge is 0.385 e. The van der Waals surface area contributed by atoms with Crippen molar-refractivity contribution < 1.29 is 31.8 Å². The summed E-state index contributed by atoms with van der Waals surface area (Å²) in [6.07, 6.45) is -2.86. The van der Waals surface area contributed by atoms with E-state index >= 15 is 0 Å². The molecule has 0 saturated carbocycles. The number of nitrogens with zero attached hydrogens (tertiary/aromatic N) is 1. The van der Waals surface area contributed by atoms with E-state index in [1.54, 1.807) is 0 Å². The van der Waals surface area contributed by atoms with E-state index in [1.807, 2.05) is 0 Å². The molecule has 3 N–H and O–H groups in total. The predicted molar refractivity (Wildman–Crippen MR) is 109 cm³/mol. The van der Waals surface area contributed by atoms with Crippen molar-refractivity contribution in [2.45, 2.75) is 28.1 Å². The van der Waals surface area contributed by atoms with Crippen LogP contribution in [0.25, 0.3) is 10.8 Å². The van der Waals surface area contributed by atoms with Gasteiger partial charge in [-0.15, -0.1) is 11.3 Å². The number of H-pyrrole nitrogens is 1. The molecular formula is C19H17F3N2O5S2. The van der Waals surface area contributed by atoms with Gasteiger partial charge in [0.1, 0.15) is 22.2 Å². The van der Waals surface area contributed by atoms with Gasteiger partial charge in [-0.25, -0.2) is 21.6 Å². The highest BCUT2D eigenvalue weighted by molar-refractivity contribution is 7.92. The number of nitrogens with one attached hydrogen (secondary N) is 1. The first-order chi connectivity index (χ1) is 14.5. The zero-order chi connectivity index (χ0) is 22.6. The summed E-state index contributed by atoms with van der Waals surface area (Å²) in [4.78, 5) is 15.6. The van der Waals surface area contributed by atoms with E-state index in [0.29, 0.717) is 5.39 Å². The van der Waals surface area contributed by atoms with E-state index in [1.165, 1.54) is 35.4 Å². The number of β-amino-alcohol motifs (C(OH)–C–C–N with tert-alkyl or cyclic N) is 2. The maximum atomic E-state index is 14.4. The molecule has 3 aromatic rings. The molecule has 0 radical (unpaired) electrons. The summed E-state index contributed by atoms with van der Waals surface area (Å²) in [6.45, 7) is -0.960. The summed E-state index contributed by atoms with van der Waals surface area (Å²) < 4.78 is 67.2. The fraction of sp³-hybridized carbons (Fsp3) is 0.316. The molecule has 1 saturated heterocycles. The molecule has 2 atom stereocenters. The molecule has 166 valence electrons. The molecule has 31 heavy (non-hydrogen) atoms. The second kappa shape index (κ2) is 7.62. The van der Waals surface area contributed by atoms with Gasteiger partial charge in [-0.1, -0.05) is 0 Å². The van der Waals surface area contributed by atoms with E-state index in [0.717, 1.165) is 17.4 Å². The van der Waals surface area contributed by atoms with Crippen LogP contribution in [0.4, 0.5) is 18.2 Å². The topological polar surface area (TPSA) is 111 Å². The van der Waals surface area contributed by atoms with Gasteiger partial charge in [-0.2, -0.15) is 0 Å². The second-order valence-electron chi connectivity index (χ2n) is 7.30. The highest BCUT2D eigenvalue weighted by Crippen LogP contribution is 2.36. The third-order valence-electron chi connectivity index (χ3n) is 5.15. The van der Waals surface area contributed by atoms with Crippen LogP contribution in [0.1, 0.15) is 5.56 Å². The van der Waals surface area contributed by atoms with Crippen molar-refractivity contribution in [3.8, 4) is 0 Å². The molecular weight excluding hydrogens is 457 g/mol. The van der Waals surface area contributed by atoms with Crippen LogP contribution < -0.4 is 10.5 Å². The molecule has 0 bridgehead atoms. The Bertz CT molecular complexity index is 1290. The molecule has 1 fully saturated rings. The standard InChI is InChI=1S/C19H17F3N2O5S2/c20-13-6-10-3-4-23-18(27)12(10)5-11(13)9-31(28,29)17-2-1-16(30-17)24-7-14(25)19(21,22)15(26)8-24/h1-6,14-15,25-26H,7-9H2,(H,23,27). The van der Waals surface area contributed by atoms with Crippen LogP contribution in [0.3, 0.4) is 0 Å². The van der Waals surface area contributed by atoms with Crippen LogP contribution in [-0.2, 0) is 15.6 Å². The van der Waals surface area contributed by atoms with E-state index in [4.69, 9.17) is 0 Å². The zero-order valence-electron chi connectivity index (χ0n) is 15.8. The number of benzene rings is 1. The lowest BCUT2D eigenvalue weighted by molar-refractivity contribution is -0.181. The van der Waals surface area contributed by atoms with Crippen LogP contribution in [0, 0.1) is 5.82 Å². The maximum absolute atomic E-state index is 14.4. The SMILES string of the molecule is O=c1[nH]ccc2cc(F)c(CS(=O)(=O)c3ccc(N4CC(O)C(F)(F)C(O)C4)s3)cc12. The molecule has 2 unspecified atom stereocenters. The smallest absolute Gasteiger partial charge is 0.302 e. The van der Waals surface area contributed by atoms with Crippen molar-refractivity contribution in [2.24, 2.45) is 0 Å². The van der Waals surface area contributed by atoms with Gasteiger partial charge in [0.25, 0.3) is 5.56 Å². The molecule has 4 rings (SSSR count). The van der Waals surface area contributed by atoms with Gasteiger partial charge in [-0.05, 0) is 35.7 Å². The van der Waals surface area contributed by atoms with Crippen LogP contribution in [0.2, 0.25) is 0 Å². The summed E-state index contributed by atoms with van der Waals surface area (Å²) in [5.41, 5.74) is -0.656. The van der Waals surface area contributed by atoms with Crippen molar-refractivity contribution in [3.63, 3.8) is 0 Å². The number of halogens is 3. The summed E-state index contributed by atoms with van der Waals surface area (Å²) in [5.74, 6) is -5.14. The van der Waals surface area contributed by atoms with Crippen molar-refractivity contribution in [2.75, 3.05) is 18.0 Å². The fourth-order valence-electron chi connectivity index (χ4n) is 3.42. The molecule has 7 nitrogen and oxygen atoms in total. The Morgan fingerprint density at radius 2 is 1.84 bits per heavy atom. The fourth-order valence-corrected chi connectivity index (χ4v) is 6.17. The van der Waals surface area contributed by atoms with Crippen molar-refractivity contribution >= 4 is 36.9 Å². The molecule has 2 aromatic heterocycles. The number of sulfone groups is 1. The average Bonchev–Trinajstić information content (AvgIpc) is 3.18. The number of aromatic amines is 1. The Balaban J connectivity index is 1.61. The Kier molecular flexibility index (Phi) is 5.36. The molecule has 1 aliphatic rings. The summed E-state index contributed by atoms with van der Waals surface area (Å²) in [6, 6.07) is 6.41.